The minimum Gasteiger partial charge on any atom is -0.330 e. The van der Waals surface area contributed by atoms with E-state index in [1.165, 1.54) is 12.1 Å². The van der Waals surface area contributed by atoms with Crippen LogP contribution in [0.2, 0.25) is 0 Å². The summed E-state index contributed by atoms with van der Waals surface area (Å²) in [6, 6.07) is 6.48. The van der Waals surface area contributed by atoms with E-state index >= 15 is 0 Å². The van der Waals surface area contributed by atoms with Gasteiger partial charge in [0.1, 0.15) is 5.82 Å². The number of aromatic nitrogens is 3. The highest BCUT2D eigenvalue weighted by Crippen LogP contribution is 2.29. The predicted octanol–water partition coefficient (Wildman–Crippen LogP) is 2.06. The van der Waals surface area contributed by atoms with Crippen LogP contribution in [-0.2, 0) is 6.54 Å². The molecule has 3 rings (SSSR count). The van der Waals surface area contributed by atoms with E-state index < -0.39 is 0 Å². The number of carbonyl (C=O) groups is 1. The van der Waals surface area contributed by atoms with Crippen molar-refractivity contribution in [3.63, 3.8) is 0 Å². The van der Waals surface area contributed by atoms with Crippen LogP contribution in [0.5, 0.6) is 0 Å². The summed E-state index contributed by atoms with van der Waals surface area (Å²) in [5.74, 6) is -0.395. The number of halogens is 1. The predicted molar refractivity (Wildman–Crippen MR) is 70.4 cm³/mol. The second kappa shape index (κ2) is 5.03. The summed E-state index contributed by atoms with van der Waals surface area (Å²) >= 11 is 0. The largest absolute Gasteiger partial charge is 0.330 e. The van der Waals surface area contributed by atoms with Crippen molar-refractivity contribution >= 4 is 5.91 Å². The molecule has 1 aromatic carbocycles. The number of benzene rings is 1. The third-order valence-corrected chi connectivity index (χ3v) is 3.44. The lowest BCUT2D eigenvalue weighted by Crippen LogP contribution is -2.33. The molecule has 20 heavy (non-hydrogen) atoms. The summed E-state index contributed by atoms with van der Waals surface area (Å²) in [4.78, 5) is 14.3. The van der Waals surface area contributed by atoms with Crippen molar-refractivity contribution in [3.05, 3.63) is 47.0 Å². The monoisotopic (exact) mass is 274 g/mol. The Hall–Kier alpha value is -2.24. The van der Waals surface area contributed by atoms with Crippen LogP contribution in [0.1, 0.15) is 34.6 Å². The maximum atomic E-state index is 12.9. The average Bonchev–Trinajstić information content (AvgIpc) is 3.19. The van der Waals surface area contributed by atoms with Crippen LogP contribution < -0.4 is 0 Å². The third kappa shape index (κ3) is 2.54. The van der Waals surface area contributed by atoms with E-state index in [1.807, 2.05) is 0 Å². The first kappa shape index (κ1) is 12.8. The minimum absolute atomic E-state index is 0.122. The van der Waals surface area contributed by atoms with E-state index in [0.29, 0.717) is 17.9 Å². The maximum Gasteiger partial charge on any atom is 0.276 e. The van der Waals surface area contributed by atoms with E-state index in [9.17, 15) is 9.18 Å². The highest BCUT2D eigenvalue weighted by atomic mass is 19.1. The van der Waals surface area contributed by atoms with Crippen molar-refractivity contribution in [1.82, 2.24) is 20.3 Å². The molecule has 1 heterocycles. The average molecular weight is 274 g/mol. The molecule has 0 aliphatic heterocycles. The smallest absolute Gasteiger partial charge is 0.276 e. The lowest BCUT2D eigenvalue weighted by Gasteiger charge is -2.21. The van der Waals surface area contributed by atoms with E-state index in [4.69, 9.17) is 0 Å². The van der Waals surface area contributed by atoms with Gasteiger partial charge in [-0.05, 0) is 37.5 Å². The second-order valence-corrected chi connectivity index (χ2v) is 5.05. The minimum atomic E-state index is -0.273. The molecule has 1 fully saturated rings. The number of rotatable bonds is 4. The van der Waals surface area contributed by atoms with Crippen LogP contribution in [0.4, 0.5) is 4.39 Å². The van der Waals surface area contributed by atoms with E-state index in [-0.39, 0.29) is 17.8 Å². The number of nitrogens with zero attached hydrogens (tertiary/aromatic N) is 3. The zero-order valence-corrected chi connectivity index (χ0v) is 11.1. The Labute approximate surface area is 115 Å². The van der Waals surface area contributed by atoms with E-state index in [2.05, 4.69) is 15.4 Å². The van der Waals surface area contributed by atoms with Gasteiger partial charge in [0.05, 0.1) is 5.69 Å². The number of H-pyrrole nitrogens is 1. The van der Waals surface area contributed by atoms with Crippen LogP contribution in [0, 0.1) is 12.7 Å². The molecule has 1 N–H and O–H groups in total. The van der Waals surface area contributed by atoms with Crippen molar-refractivity contribution in [3.8, 4) is 0 Å². The molecule has 6 heteroatoms. The summed E-state index contributed by atoms with van der Waals surface area (Å²) in [7, 11) is 0. The molecule has 0 bridgehead atoms. The molecule has 1 saturated carbocycles. The number of aryl methyl sites for hydroxylation is 1. The fraction of sp³-hybridized carbons (Fsp3) is 0.357. The lowest BCUT2D eigenvalue weighted by atomic mass is 10.2. The van der Waals surface area contributed by atoms with E-state index in [0.717, 1.165) is 18.4 Å². The van der Waals surface area contributed by atoms with Crippen molar-refractivity contribution in [2.24, 2.45) is 0 Å². The van der Waals surface area contributed by atoms with Crippen molar-refractivity contribution in [2.45, 2.75) is 32.4 Å². The van der Waals surface area contributed by atoms with Gasteiger partial charge in [0.25, 0.3) is 5.91 Å². The van der Waals surface area contributed by atoms with Gasteiger partial charge >= 0.3 is 0 Å². The van der Waals surface area contributed by atoms with Crippen molar-refractivity contribution < 1.29 is 9.18 Å². The Balaban J connectivity index is 1.81. The molecule has 0 atom stereocenters. The molecule has 0 spiro atoms. The quantitative estimate of drug-likeness (QED) is 0.928. The molecular weight excluding hydrogens is 259 g/mol. The fourth-order valence-corrected chi connectivity index (χ4v) is 2.16. The van der Waals surface area contributed by atoms with Gasteiger partial charge in [0.15, 0.2) is 5.69 Å². The van der Waals surface area contributed by atoms with Crippen LogP contribution in [0.15, 0.2) is 24.3 Å². The highest BCUT2D eigenvalue weighted by molar-refractivity contribution is 5.93. The van der Waals surface area contributed by atoms with Gasteiger partial charge in [-0.15, -0.1) is 0 Å². The SMILES string of the molecule is Cc1n[nH]nc1C(=O)N(Cc1ccc(F)cc1)C1CC1. The van der Waals surface area contributed by atoms with Crippen molar-refractivity contribution in [1.29, 1.82) is 0 Å². The van der Waals surface area contributed by atoms with Crippen LogP contribution in [0.3, 0.4) is 0 Å². The molecule has 0 saturated heterocycles. The van der Waals surface area contributed by atoms with E-state index in [1.54, 1.807) is 24.0 Å². The first-order chi connectivity index (χ1) is 9.65. The van der Waals surface area contributed by atoms with Gasteiger partial charge in [-0.1, -0.05) is 12.1 Å². The normalized spacial score (nSPS) is 14.3. The van der Waals surface area contributed by atoms with Crippen LogP contribution in [-0.4, -0.2) is 32.3 Å². The number of hydrogen-bond donors (Lipinski definition) is 1. The molecule has 1 aliphatic carbocycles. The number of carbonyl (C=O) groups excluding carboxylic acids is 1. The van der Waals surface area contributed by atoms with Gasteiger partial charge in [0, 0.05) is 12.6 Å². The molecule has 1 aromatic heterocycles. The topological polar surface area (TPSA) is 61.9 Å². The van der Waals surface area contributed by atoms with Gasteiger partial charge in [-0.2, -0.15) is 15.4 Å². The Morgan fingerprint density at radius 3 is 2.60 bits per heavy atom. The second-order valence-electron chi connectivity index (χ2n) is 5.05. The molecular formula is C14H15FN4O. The molecule has 2 aromatic rings. The Morgan fingerprint density at radius 1 is 1.35 bits per heavy atom. The molecule has 0 radical (unpaired) electrons. The Bertz CT molecular complexity index is 618. The standard InChI is InChI=1S/C14H15FN4O/c1-9-13(17-18-16-9)14(20)19(12-6-7-12)8-10-2-4-11(15)5-3-10/h2-5,12H,6-8H2,1H3,(H,16,17,18). The summed E-state index contributed by atoms with van der Waals surface area (Å²) in [5.41, 5.74) is 1.87. The number of aromatic amines is 1. The summed E-state index contributed by atoms with van der Waals surface area (Å²) in [6.07, 6.45) is 2.01. The first-order valence-electron chi connectivity index (χ1n) is 6.58. The number of nitrogens with one attached hydrogen (secondary N) is 1. The lowest BCUT2D eigenvalue weighted by molar-refractivity contribution is 0.0723. The third-order valence-electron chi connectivity index (χ3n) is 3.44. The summed E-state index contributed by atoms with van der Waals surface area (Å²) in [5, 5.41) is 10.3. The van der Waals surface area contributed by atoms with Crippen molar-refractivity contribution in [2.75, 3.05) is 0 Å². The molecule has 5 nitrogen and oxygen atoms in total. The molecule has 0 unspecified atom stereocenters. The van der Waals surface area contributed by atoms with Gasteiger partial charge in [0.2, 0.25) is 0 Å². The maximum absolute atomic E-state index is 12.9. The van der Waals surface area contributed by atoms with Crippen LogP contribution >= 0.6 is 0 Å². The molecule has 1 amide bonds. The zero-order valence-electron chi connectivity index (χ0n) is 11.1. The molecule has 1 aliphatic rings. The Kier molecular flexibility index (Phi) is 3.22. The summed E-state index contributed by atoms with van der Waals surface area (Å²) < 4.78 is 12.9. The number of hydrogen-bond acceptors (Lipinski definition) is 3. The van der Waals surface area contributed by atoms with Gasteiger partial charge in [-0.3, -0.25) is 4.79 Å². The summed E-state index contributed by atoms with van der Waals surface area (Å²) in [6.45, 7) is 2.22. The Morgan fingerprint density at radius 2 is 2.05 bits per heavy atom. The van der Waals surface area contributed by atoms with Gasteiger partial charge in [-0.25, -0.2) is 4.39 Å². The number of amides is 1. The molecule has 104 valence electrons. The van der Waals surface area contributed by atoms with Gasteiger partial charge < -0.3 is 4.90 Å². The fourth-order valence-electron chi connectivity index (χ4n) is 2.16. The first-order valence-corrected chi connectivity index (χ1v) is 6.58. The zero-order chi connectivity index (χ0) is 14.1. The highest BCUT2D eigenvalue weighted by Gasteiger charge is 2.34. The van der Waals surface area contributed by atoms with Crippen LogP contribution in [0.25, 0.3) is 0 Å².